The molecule has 2 aromatic heterocycles. The molecular formula is C18H19ClN4O2. The van der Waals surface area contributed by atoms with E-state index >= 15 is 0 Å². The van der Waals surface area contributed by atoms with Gasteiger partial charge >= 0.3 is 0 Å². The average molecular weight is 359 g/mol. The summed E-state index contributed by atoms with van der Waals surface area (Å²) in [5.74, 6) is 0.381. The molecule has 0 radical (unpaired) electrons. The highest BCUT2D eigenvalue weighted by Gasteiger charge is 2.17. The molecule has 3 rings (SSSR count). The highest BCUT2D eigenvalue weighted by molar-refractivity contribution is 6.34. The molecule has 0 unspecified atom stereocenters. The van der Waals surface area contributed by atoms with Gasteiger partial charge in [-0.05, 0) is 26.0 Å². The number of rotatable bonds is 5. The Bertz CT molecular complexity index is 936. The lowest BCUT2D eigenvalue weighted by atomic mass is 10.2. The molecule has 1 amide bonds. The lowest BCUT2D eigenvalue weighted by Gasteiger charge is -2.09. The maximum atomic E-state index is 12.2. The van der Waals surface area contributed by atoms with E-state index in [0.29, 0.717) is 23.9 Å². The largest absolute Gasteiger partial charge is 0.489 e. The number of hydrogen-bond donors (Lipinski definition) is 1. The number of nitrogens with zero attached hydrogens (tertiary/aromatic N) is 3. The maximum Gasteiger partial charge on any atom is 0.273 e. The molecule has 1 N–H and O–H groups in total. The molecular weight excluding hydrogens is 340 g/mol. The number of fused-ring (bicyclic) bond motifs is 1. The topological polar surface area (TPSA) is 69.0 Å². The molecule has 1 aromatic carbocycles. The van der Waals surface area contributed by atoms with Crippen LogP contribution in [0.25, 0.3) is 10.9 Å². The van der Waals surface area contributed by atoms with E-state index < -0.39 is 0 Å². The molecule has 0 aliphatic rings. The van der Waals surface area contributed by atoms with Gasteiger partial charge in [0.1, 0.15) is 17.9 Å². The quantitative estimate of drug-likeness (QED) is 0.712. The van der Waals surface area contributed by atoms with E-state index in [1.807, 2.05) is 44.2 Å². The van der Waals surface area contributed by atoms with E-state index in [9.17, 15) is 4.79 Å². The van der Waals surface area contributed by atoms with Crippen molar-refractivity contribution in [3.8, 4) is 5.75 Å². The van der Waals surface area contributed by atoms with E-state index in [0.717, 1.165) is 22.3 Å². The fraction of sp³-hybridized carbons (Fsp3) is 0.278. The van der Waals surface area contributed by atoms with Gasteiger partial charge in [-0.2, -0.15) is 5.10 Å². The van der Waals surface area contributed by atoms with Crippen LogP contribution in [-0.4, -0.2) is 33.8 Å². The smallest absolute Gasteiger partial charge is 0.273 e. The normalized spacial score (nSPS) is 10.9. The van der Waals surface area contributed by atoms with Crippen molar-refractivity contribution in [3.05, 3.63) is 52.4 Å². The van der Waals surface area contributed by atoms with E-state index in [-0.39, 0.29) is 11.6 Å². The van der Waals surface area contributed by atoms with Gasteiger partial charge in [-0.15, -0.1) is 0 Å². The summed E-state index contributed by atoms with van der Waals surface area (Å²) in [7, 11) is 1.75. The Hall–Kier alpha value is -2.60. The number of para-hydroxylation sites is 1. The van der Waals surface area contributed by atoms with Crippen LogP contribution < -0.4 is 10.1 Å². The van der Waals surface area contributed by atoms with Gasteiger partial charge < -0.3 is 10.1 Å². The molecule has 0 aliphatic carbocycles. The molecule has 7 heteroatoms. The molecule has 130 valence electrons. The van der Waals surface area contributed by atoms with Gasteiger partial charge in [0.25, 0.3) is 5.91 Å². The standard InChI is InChI=1S/C18H19ClN4O2/c1-11-7-8-13-5-4-6-14(16(13)21-11)25-10-9-20-18(24)17-15(19)12(2)23(3)22-17/h4-8H,9-10H2,1-3H3,(H,20,24). The molecule has 3 aromatic rings. The van der Waals surface area contributed by atoms with Crippen LogP contribution in [0.5, 0.6) is 5.75 Å². The van der Waals surface area contributed by atoms with Crippen LogP contribution in [0.3, 0.4) is 0 Å². The number of aryl methyl sites for hydroxylation is 2. The van der Waals surface area contributed by atoms with Gasteiger partial charge in [-0.25, -0.2) is 4.98 Å². The van der Waals surface area contributed by atoms with E-state index in [2.05, 4.69) is 15.4 Å². The summed E-state index contributed by atoms with van der Waals surface area (Å²) in [6, 6.07) is 9.75. The Morgan fingerprint density at radius 1 is 1.28 bits per heavy atom. The predicted octanol–water partition coefficient (Wildman–Crippen LogP) is 3.05. The van der Waals surface area contributed by atoms with Crippen LogP contribution in [0.1, 0.15) is 21.9 Å². The maximum absolute atomic E-state index is 12.2. The van der Waals surface area contributed by atoms with Gasteiger partial charge in [0.2, 0.25) is 0 Å². The highest BCUT2D eigenvalue weighted by atomic mass is 35.5. The molecule has 25 heavy (non-hydrogen) atoms. The first-order valence-electron chi connectivity index (χ1n) is 7.94. The van der Waals surface area contributed by atoms with Crippen molar-refractivity contribution >= 4 is 28.4 Å². The molecule has 0 bridgehead atoms. The SMILES string of the molecule is Cc1ccc2cccc(OCCNC(=O)c3nn(C)c(C)c3Cl)c2n1. The Kier molecular flexibility index (Phi) is 4.90. The van der Waals surface area contributed by atoms with Gasteiger partial charge in [0.05, 0.1) is 17.3 Å². The number of halogens is 1. The van der Waals surface area contributed by atoms with Gasteiger partial charge in [-0.1, -0.05) is 29.8 Å². The lowest BCUT2D eigenvalue weighted by molar-refractivity contribution is 0.0941. The number of ether oxygens (including phenoxy) is 1. The van der Waals surface area contributed by atoms with Crippen molar-refractivity contribution in [3.63, 3.8) is 0 Å². The summed E-state index contributed by atoms with van der Waals surface area (Å²) in [5, 5.41) is 8.27. The number of carbonyl (C=O) groups is 1. The molecule has 0 atom stereocenters. The Morgan fingerprint density at radius 2 is 2.08 bits per heavy atom. The minimum Gasteiger partial charge on any atom is -0.489 e. The molecule has 0 saturated heterocycles. The first-order valence-corrected chi connectivity index (χ1v) is 8.31. The second-order valence-corrected chi connectivity index (χ2v) is 6.13. The number of pyridine rings is 1. The lowest BCUT2D eigenvalue weighted by Crippen LogP contribution is -2.28. The summed E-state index contributed by atoms with van der Waals surface area (Å²) in [6.07, 6.45) is 0. The Labute approximate surface area is 150 Å². The van der Waals surface area contributed by atoms with Gasteiger partial charge in [-0.3, -0.25) is 9.48 Å². The van der Waals surface area contributed by atoms with Gasteiger partial charge in [0, 0.05) is 18.1 Å². The van der Waals surface area contributed by atoms with Crippen molar-refractivity contribution in [2.24, 2.45) is 7.05 Å². The van der Waals surface area contributed by atoms with Crippen LogP contribution in [0.2, 0.25) is 5.02 Å². The summed E-state index contributed by atoms with van der Waals surface area (Å²) in [5.41, 5.74) is 2.72. The third-order valence-electron chi connectivity index (χ3n) is 3.94. The number of nitrogens with one attached hydrogen (secondary N) is 1. The van der Waals surface area contributed by atoms with Crippen LogP contribution in [0.15, 0.2) is 30.3 Å². The van der Waals surface area contributed by atoms with Crippen LogP contribution in [0, 0.1) is 13.8 Å². The first kappa shape index (κ1) is 17.2. The third-order valence-corrected chi connectivity index (χ3v) is 4.40. The second kappa shape index (κ2) is 7.11. The minimum absolute atomic E-state index is 0.226. The van der Waals surface area contributed by atoms with Crippen molar-refractivity contribution in [2.75, 3.05) is 13.2 Å². The average Bonchev–Trinajstić information content (AvgIpc) is 2.86. The fourth-order valence-corrected chi connectivity index (χ4v) is 2.72. The number of amides is 1. The zero-order chi connectivity index (χ0) is 18.0. The number of benzene rings is 1. The molecule has 0 aliphatic heterocycles. The summed E-state index contributed by atoms with van der Waals surface area (Å²) >= 11 is 6.11. The van der Waals surface area contributed by atoms with Crippen molar-refractivity contribution in [1.82, 2.24) is 20.1 Å². The van der Waals surface area contributed by atoms with Crippen LogP contribution in [0.4, 0.5) is 0 Å². The number of hydrogen-bond acceptors (Lipinski definition) is 4. The fourth-order valence-electron chi connectivity index (χ4n) is 2.47. The van der Waals surface area contributed by atoms with Crippen LogP contribution >= 0.6 is 11.6 Å². The van der Waals surface area contributed by atoms with Crippen molar-refractivity contribution in [1.29, 1.82) is 0 Å². The Morgan fingerprint density at radius 3 is 2.80 bits per heavy atom. The van der Waals surface area contributed by atoms with E-state index in [1.165, 1.54) is 0 Å². The molecule has 0 fully saturated rings. The van der Waals surface area contributed by atoms with Crippen molar-refractivity contribution < 1.29 is 9.53 Å². The van der Waals surface area contributed by atoms with Crippen LogP contribution in [-0.2, 0) is 7.05 Å². The molecule has 6 nitrogen and oxygen atoms in total. The third kappa shape index (κ3) is 3.58. The minimum atomic E-state index is -0.316. The van der Waals surface area contributed by atoms with E-state index in [1.54, 1.807) is 11.7 Å². The first-order chi connectivity index (χ1) is 12.0. The van der Waals surface area contributed by atoms with E-state index in [4.69, 9.17) is 16.3 Å². The molecule has 2 heterocycles. The Balaban J connectivity index is 1.61. The molecule has 0 saturated carbocycles. The summed E-state index contributed by atoms with van der Waals surface area (Å²) in [4.78, 5) is 16.7. The summed E-state index contributed by atoms with van der Waals surface area (Å²) < 4.78 is 7.37. The van der Waals surface area contributed by atoms with Gasteiger partial charge in [0.15, 0.2) is 5.69 Å². The van der Waals surface area contributed by atoms with Crippen molar-refractivity contribution in [2.45, 2.75) is 13.8 Å². The monoisotopic (exact) mass is 358 g/mol. The summed E-state index contributed by atoms with van der Waals surface area (Å²) in [6.45, 7) is 4.41. The predicted molar refractivity (Wildman–Crippen MR) is 97.3 cm³/mol. The zero-order valence-electron chi connectivity index (χ0n) is 14.3. The molecule has 0 spiro atoms. The zero-order valence-corrected chi connectivity index (χ0v) is 15.1. The number of aromatic nitrogens is 3. The number of carbonyl (C=O) groups excluding carboxylic acids is 1. The second-order valence-electron chi connectivity index (χ2n) is 5.76. The highest BCUT2D eigenvalue weighted by Crippen LogP contribution is 2.23.